The highest BCUT2D eigenvalue weighted by atomic mass is 16.6. The Morgan fingerprint density at radius 2 is 1.96 bits per heavy atom. The number of benzene rings is 1. The number of aliphatic carboxylic acids is 1. The fourth-order valence-corrected chi connectivity index (χ4v) is 2.61. The number of hydrogen-bond acceptors (Lipinski definition) is 4. The lowest BCUT2D eigenvalue weighted by molar-refractivity contribution is -0.143. The van der Waals surface area contributed by atoms with E-state index in [9.17, 15) is 9.59 Å². The van der Waals surface area contributed by atoms with Crippen LogP contribution in [0, 0.1) is 5.92 Å². The SMILES string of the molecule is O=C(O)[C@H]1CCCN(C(=O)c2ccc(Oc3ccccc3)o2)C1. The number of likely N-dealkylation sites (tertiary alicyclic amines) is 1. The number of furan rings is 1. The van der Waals surface area contributed by atoms with Crippen LogP contribution in [0.15, 0.2) is 46.9 Å². The third-order valence-corrected chi connectivity index (χ3v) is 3.81. The number of amides is 1. The highest BCUT2D eigenvalue weighted by Crippen LogP contribution is 2.25. The van der Waals surface area contributed by atoms with E-state index < -0.39 is 11.9 Å². The van der Waals surface area contributed by atoms with Crippen molar-refractivity contribution in [3.63, 3.8) is 0 Å². The van der Waals surface area contributed by atoms with Gasteiger partial charge in [-0.3, -0.25) is 9.59 Å². The molecule has 2 aromatic rings. The van der Waals surface area contributed by atoms with E-state index in [-0.39, 0.29) is 24.2 Å². The molecule has 1 N–H and O–H groups in total. The van der Waals surface area contributed by atoms with Gasteiger partial charge < -0.3 is 19.2 Å². The maximum absolute atomic E-state index is 12.4. The van der Waals surface area contributed by atoms with Crippen molar-refractivity contribution in [3.8, 4) is 11.7 Å². The molecule has 23 heavy (non-hydrogen) atoms. The van der Waals surface area contributed by atoms with E-state index >= 15 is 0 Å². The summed E-state index contributed by atoms with van der Waals surface area (Å²) in [5.74, 6) is -0.685. The predicted octanol–water partition coefficient (Wildman–Crippen LogP) is 3.01. The van der Waals surface area contributed by atoms with Crippen LogP contribution in [0.4, 0.5) is 0 Å². The van der Waals surface area contributed by atoms with Crippen molar-refractivity contribution in [3.05, 3.63) is 48.2 Å². The average molecular weight is 315 g/mol. The molecule has 120 valence electrons. The summed E-state index contributed by atoms with van der Waals surface area (Å²) in [4.78, 5) is 25.0. The van der Waals surface area contributed by atoms with Gasteiger partial charge >= 0.3 is 5.97 Å². The molecule has 1 aliphatic rings. The van der Waals surface area contributed by atoms with Gasteiger partial charge in [0.25, 0.3) is 11.9 Å². The molecule has 6 heteroatoms. The fourth-order valence-electron chi connectivity index (χ4n) is 2.61. The smallest absolute Gasteiger partial charge is 0.308 e. The van der Waals surface area contributed by atoms with Crippen LogP contribution in [0.5, 0.6) is 11.7 Å². The zero-order chi connectivity index (χ0) is 16.2. The number of carboxylic acids is 1. The van der Waals surface area contributed by atoms with Crippen molar-refractivity contribution >= 4 is 11.9 Å². The average Bonchev–Trinajstić information content (AvgIpc) is 3.03. The fraction of sp³-hybridized carbons (Fsp3) is 0.294. The van der Waals surface area contributed by atoms with Crippen molar-refractivity contribution in [1.29, 1.82) is 0 Å². The van der Waals surface area contributed by atoms with Gasteiger partial charge in [0.05, 0.1) is 5.92 Å². The first-order valence-electron chi connectivity index (χ1n) is 7.48. The number of hydrogen-bond donors (Lipinski definition) is 1. The summed E-state index contributed by atoms with van der Waals surface area (Å²) in [6, 6.07) is 12.2. The molecule has 0 bridgehead atoms. The monoisotopic (exact) mass is 315 g/mol. The standard InChI is InChI=1S/C17H17NO5/c19-16(18-10-4-5-12(11-18)17(20)21)14-8-9-15(23-14)22-13-6-2-1-3-7-13/h1-3,6-9,12H,4-5,10-11H2,(H,20,21)/t12-/m0/s1. The van der Waals surface area contributed by atoms with Gasteiger partial charge in [0, 0.05) is 19.2 Å². The molecular weight excluding hydrogens is 298 g/mol. The lowest BCUT2D eigenvalue weighted by Gasteiger charge is -2.29. The summed E-state index contributed by atoms with van der Waals surface area (Å²) in [5, 5.41) is 9.10. The lowest BCUT2D eigenvalue weighted by Crippen LogP contribution is -2.42. The molecule has 3 rings (SSSR count). The Morgan fingerprint density at radius 1 is 1.17 bits per heavy atom. The van der Waals surface area contributed by atoms with Crippen LogP contribution in [-0.2, 0) is 4.79 Å². The Labute approximate surface area is 133 Å². The zero-order valence-corrected chi connectivity index (χ0v) is 12.5. The number of piperidine rings is 1. The van der Waals surface area contributed by atoms with Crippen molar-refractivity contribution in [2.45, 2.75) is 12.8 Å². The first-order chi connectivity index (χ1) is 11.1. The first-order valence-corrected chi connectivity index (χ1v) is 7.48. The van der Waals surface area contributed by atoms with E-state index in [0.717, 1.165) is 0 Å². The third-order valence-electron chi connectivity index (χ3n) is 3.81. The molecule has 0 radical (unpaired) electrons. The zero-order valence-electron chi connectivity index (χ0n) is 12.5. The number of nitrogens with zero attached hydrogens (tertiary/aromatic N) is 1. The Morgan fingerprint density at radius 3 is 2.70 bits per heavy atom. The second kappa shape index (κ2) is 6.56. The van der Waals surface area contributed by atoms with Gasteiger partial charge in [-0.1, -0.05) is 18.2 Å². The number of ether oxygens (including phenoxy) is 1. The van der Waals surface area contributed by atoms with Crippen molar-refractivity contribution in [2.75, 3.05) is 13.1 Å². The minimum atomic E-state index is -0.866. The van der Waals surface area contributed by atoms with Gasteiger partial charge in [0.1, 0.15) is 5.75 Å². The summed E-state index contributed by atoms with van der Waals surface area (Å²) in [5.41, 5.74) is 0. The predicted molar refractivity (Wildman–Crippen MR) is 81.5 cm³/mol. The molecule has 1 fully saturated rings. The van der Waals surface area contributed by atoms with Gasteiger partial charge in [0.15, 0.2) is 5.76 Å². The van der Waals surface area contributed by atoms with Crippen LogP contribution in [-0.4, -0.2) is 35.0 Å². The molecule has 1 amide bonds. The number of carboxylic acid groups (broad SMARTS) is 1. The summed E-state index contributed by atoms with van der Waals surface area (Å²) >= 11 is 0. The maximum atomic E-state index is 12.4. The van der Waals surface area contributed by atoms with E-state index in [4.69, 9.17) is 14.3 Å². The molecule has 6 nitrogen and oxygen atoms in total. The molecular formula is C17H17NO5. The Hall–Kier alpha value is -2.76. The second-order valence-corrected chi connectivity index (χ2v) is 5.46. The van der Waals surface area contributed by atoms with Crippen LogP contribution >= 0.6 is 0 Å². The Bertz CT molecular complexity index is 694. The summed E-state index contributed by atoms with van der Waals surface area (Å²) < 4.78 is 11.0. The van der Waals surface area contributed by atoms with Crippen LogP contribution in [0.1, 0.15) is 23.4 Å². The molecule has 0 unspecified atom stereocenters. The molecule has 0 spiro atoms. The molecule has 1 saturated heterocycles. The molecule has 1 atom stereocenters. The summed E-state index contributed by atoms with van der Waals surface area (Å²) in [6.07, 6.45) is 1.27. The lowest BCUT2D eigenvalue weighted by atomic mass is 9.98. The van der Waals surface area contributed by atoms with Crippen LogP contribution in [0.3, 0.4) is 0 Å². The van der Waals surface area contributed by atoms with Crippen LogP contribution in [0.2, 0.25) is 0 Å². The minimum absolute atomic E-state index is 0.155. The van der Waals surface area contributed by atoms with Crippen molar-refractivity contribution in [1.82, 2.24) is 4.90 Å². The summed E-state index contributed by atoms with van der Waals surface area (Å²) in [6.45, 7) is 0.752. The Balaban J connectivity index is 1.67. The van der Waals surface area contributed by atoms with Crippen LogP contribution in [0.25, 0.3) is 0 Å². The minimum Gasteiger partial charge on any atom is -0.481 e. The molecule has 2 heterocycles. The van der Waals surface area contributed by atoms with E-state index in [1.54, 1.807) is 24.3 Å². The van der Waals surface area contributed by atoms with Crippen molar-refractivity contribution < 1.29 is 23.8 Å². The molecule has 0 saturated carbocycles. The van der Waals surface area contributed by atoms with Gasteiger partial charge in [-0.05, 0) is 31.0 Å². The summed E-state index contributed by atoms with van der Waals surface area (Å²) in [7, 11) is 0. The quantitative estimate of drug-likeness (QED) is 0.938. The van der Waals surface area contributed by atoms with E-state index in [0.29, 0.717) is 25.1 Å². The first kappa shape index (κ1) is 15.1. The normalized spacial score (nSPS) is 17.7. The van der Waals surface area contributed by atoms with Crippen molar-refractivity contribution in [2.24, 2.45) is 5.92 Å². The maximum Gasteiger partial charge on any atom is 0.308 e. The number of carbonyl (C=O) groups excluding carboxylic acids is 1. The van der Waals surface area contributed by atoms with Crippen LogP contribution < -0.4 is 4.74 Å². The Kier molecular flexibility index (Phi) is 4.32. The van der Waals surface area contributed by atoms with Gasteiger partial charge in [-0.2, -0.15) is 0 Å². The van der Waals surface area contributed by atoms with Gasteiger partial charge in [0.2, 0.25) is 0 Å². The topological polar surface area (TPSA) is 80.0 Å². The number of para-hydroxylation sites is 1. The number of carbonyl (C=O) groups is 2. The van der Waals surface area contributed by atoms with Gasteiger partial charge in [-0.15, -0.1) is 0 Å². The largest absolute Gasteiger partial charge is 0.481 e. The van der Waals surface area contributed by atoms with E-state index in [1.807, 2.05) is 18.2 Å². The molecule has 0 aliphatic carbocycles. The highest BCUT2D eigenvalue weighted by Gasteiger charge is 2.30. The van der Waals surface area contributed by atoms with Gasteiger partial charge in [-0.25, -0.2) is 0 Å². The third kappa shape index (κ3) is 3.53. The number of rotatable bonds is 4. The molecule has 1 aromatic heterocycles. The second-order valence-electron chi connectivity index (χ2n) is 5.46. The van der Waals surface area contributed by atoms with E-state index in [2.05, 4.69) is 0 Å². The molecule has 1 aliphatic heterocycles. The van der Waals surface area contributed by atoms with E-state index in [1.165, 1.54) is 4.90 Å². The molecule has 1 aromatic carbocycles. The highest BCUT2D eigenvalue weighted by molar-refractivity contribution is 5.92.